The number of hydrogen-bond donors (Lipinski definition) is 2. The third-order valence-electron chi connectivity index (χ3n) is 8.80. The minimum atomic E-state index is -0.836. The van der Waals surface area contributed by atoms with E-state index in [1.54, 1.807) is 21.0 Å². The first kappa shape index (κ1) is 29.2. The zero-order valence-corrected chi connectivity index (χ0v) is 23.6. The van der Waals surface area contributed by atoms with Gasteiger partial charge in [-0.05, 0) is 63.1 Å². The maximum atomic E-state index is 13.7. The maximum absolute atomic E-state index is 13.7. The Morgan fingerprint density at radius 1 is 1.00 bits per heavy atom. The van der Waals surface area contributed by atoms with Gasteiger partial charge in [-0.15, -0.1) is 0 Å². The maximum Gasteiger partial charge on any atom is 0.224 e. The molecule has 1 saturated heterocycles. The van der Waals surface area contributed by atoms with Gasteiger partial charge < -0.3 is 20.1 Å². The van der Waals surface area contributed by atoms with E-state index in [0.29, 0.717) is 31.1 Å². The summed E-state index contributed by atoms with van der Waals surface area (Å²) in [4.78, 5) is 52.9. The van der Waals surface area contributed by atoms with Gasteiger partial charge in [0.25, 0.3) is 0 Å². The van der Waals surface area contributed by atoms with Crippen molar-refractivity contribution in [3.63, 3.8) is 0 Å². The van der Waals surface area contributed by atoms with E-state index >= 15 is 0 Å². The fourth-order valence-electron chi connectivity index (χ4n) is 6.04. The first-order valence-electron chi connectivity index (χ1n) is 14.6. The van der Waals surface area contributed by atoms with E-state index in [1.807, 2.05) is 24.3 Å². The van der Waals surface area contributed by atoms with E-state index in [1.165, 1.54) is 0 Å². The molecule has 0 radical (unpaired) electrons. The van der Waals surface area contributed by atoms with Crippen molar-refractivity contribution >= 4 is 23.4 Å². The van der Waals surface area contributed by atoms with Crippen molar-refractivity contribution in [2.45, 2.75) is 102 Å². The molecule has 0 spiro atoms. The number of epoxide rings is 1. The molecule has 2 amide bonds. The Balaban J connectivity index is 1.46. The summed E-state index contributed by atoms with van der Waals surface area (Å²) in [5.41, 5.74) is 0.0548. The van der Waals surface area contributed by atoms with Crippen molar-refractivity contribution < 1.29 is 28.7 Å². The van der Waals surface area contributed by atoms with Crippen LogP contribution in [0.15, 0.2) is 24.3 Å². The van der Waals surface area contributed by atoms with Crippen molar-refractivity contribution in [2.24, 2.45) is 17.8 Å². The third kappa shape index (κ3) is 7.90. The van der Waals surface area contributed by atoms with Crippen LogP contribution in [0.1, 0.15) is 83.6 Å². The number of methoxy groups -OCH3 is 1. The molecule has 4 unspecified atom stereocenters. The number of amides is 2. The second-order valence-corrected chi connectivity index (χ2v) is 12.0. The highest BCUT2D eigenvalue weighted by molar-refractivity contribution is 5.98. The third-order valence-corrected chi connectivity index (χ3v) is 8.80. The summed E-state index contributed by atoms with van der Waals surface area (Å²) < 4.78 is 10.7. The van der Waals surface area contributed by atoms with Crippen LogP contribution < -0.4 is 15.4 Å². The lowest BCUT2D eigenvalue weighted by atomic mass is 9.88. The fraction of sp³-hybridized carbons (Fsp3) is 0.677. The summed E-state index contributed by atoms with van der Waals surface area (Å²) in [7, 11) is 1.59. The predicted molar refractivity (Wildman–Crippen MR) is 147 cm³/mol. The molecule has 0 bridgehead atoms. The summed E-state index contributed by atoms with van der Waals surface area (Å²) in [6, 6.07) is 6.10. The zero-order chi connectivity index (χ0) is 28.0. The van der Waals surface area contributed by atoms with Gasteiger partial charge in [-0.1, -0.05) is 50.7 Å². The molecule has 3 aliphatic rings. The number of ketones is 2. The second-order valence-electron chi connectivity index (χ2n) is 12.0. The van der Waals surface area contributed by atoms with Crippen molar-refractivity contribution in [3.8, 4) is 5.75 Å². The van der Waals surface area contributed by atoms with Crippen LogP contribution in [0.5, 0.6) is 5.75 Å². The van der Waals surface area contributed by atoms with Crippen molar-refractivity contribution in [2.75, 3.05) is 13.7 Å². The van der Waals surface area contributed by atoms with Crippen LogP contribution in [0.2, 0.25) is 0 Å². The molecule has 8 nitrogen and oxygen atoms in total. The van der Waals surface area contributed by atoms with Crippen LogP contribution >= 0.6 is 0 Å². The molecule has 3 fully saturated rings. The first-order chi connectivity index (χ1) is 18.7. The lowest BCUT2D eigenvalue weighted by Gasteiger charge is -2.26. The number of benzene rings is 1. The minimum absolute atomic E-state index is 0.0257. The van der Waals surface area contributed by atoms with Crippen LogP contribution in [0.25, 0.3) is 0 Å². The van der Waals surface area contributed by atoms with Gasteiger partial charge in [0.05, 0.1) is 25.8 Å². The van der Waals surface area contributed by atoms with Gasteiger partial charge in [-0.2, -0.15) is 0 Å². The van der Waals surface area contributed by atoms with E-state index < -0.39 is 23.6 Å². The average Bonchev–Trinajstić information content (AvgIpc) is 3.32. The quantitative estimate of drug-likeness (QED) is 0.346. The molecule has 39 heavy (non-hydrogen) atoms. The number of rotatable bonds is 14. The molecule has 214 valence electrons. The Morgan fingerprint density at radius 2 is 1.62 bits per heavy atom. The van der Waals surface area contributed by atoms with Gasteiger partial charge in [-0.3, -0.25) is 19.2 Å². The summed E-state index contributed by atoms with van der Waals surface area (Å²) in [5, 5.41) is 5.90. The van der Waals surface area contributed by atoms with Gasteiger partial charge in [0.2, 0.25) is 11.8 Å². The molecule has 1 aromatic carbocycles. The lowest BCUT2D eigenvalue weighted by molar-refractivity contribution is -0.135. The molecule has 1 heterocycles. The summed E-state index contributed by atoms with van der Waals surface area (Å²) in [6.45, 7) is 3.83. The predicted octanol–water partition coefficient (Wildman–Crippen LogP) is 3.93. The first-order valence-corrected chi connectivity index (χ1v) is 14.6. The van der Waals surface area contributed by atoms with Crippen molar-refractivity contribution in [1.29, 1.82) is 0 Å². The molecule has 8 heteroatoms. The average molecular weight is 541 g/mol. The van der Waals surface area contributed by atoms with Crippen LogP contribution in [-0.4, -0.2) is 54.8 Å². The molecule has 4 atom stereocenters. The standard InChI is InChI=1S/C31H44N2O6/c1-20(32-29(36)23-10-6-7-11-23)27(34)18-24(16-22-12-14-25(38-3)15-13-22)30(37)33-26(17-21-8-4-5-9-21)28(35)31(2)19-39-31/h12-15,20-21,23-24,26H,4-11,16-19H2,1-3H3,(H,32,36)(H,33,37). The Morgan fingerprint density at radius 3 is 2.21 bits per heavy atom. The number of hydrogen-bond acceptors (Lipinski definition) is 6. The Labute approximate surface area is 232 Å². The largest absolute Gasteiger partial charge is 0.497 e. The molecule has 1 aliphatic heterocycles. The number of carbonyl (C=O) groups is 4. The summed E-state index contributed by atoms with van der Waals surface area (Å²) >= 11 is 0. The molecular formula is C31H44N2O6. The highest BCUT2D eigenvalue weighted by Gasteiger charge is 2.50. The second kappa shape index (κ2) is 13.1. The van der Waals surface area contributed by atoms with Gasteiger partial charge in [-0.25, -0.2) is 0 Å². The summed E-state index contributed by atoms with van der Waals surface area (Å²) in [5.74, 6) is -0.275. The van der Waals surface area contributed by atoms with Crippen molar-refractivity contribution in [3.05, 3.63) is 29.8 Å². The monoisotopic (exact) mass is 540 g/mol. The molecule has 2 saturated carbocycles. The fourth-order valence-corrected chi connectivity index (χ4v) is 6.04. The number of Topliss-reactive ketones (excluding diaryl/α,β-unsaturated/α-hetero) is 2. The highest BCUT2D eigenvalue weighted by atomic mass is 16.6. The molecule has 2 N–H and O–H groups in total. The van der Waals surface area contributed by atoms with E-state index in [-0.39, 0.29) is 35.7 Å². The normalized spacial score (nSPS) is 23.6. The zero-order valence-electron chi connectivity index (χ0n) is 23.6. The highest BCUT2D eigenvalue weighted by Crippen LogP contribution is 2.34. The van der Waals surface area contributed by atoms with E-state index in [9.17, 15) is 19.2 Å². The van der Waals surface area contributed by atoms with Gasteiger partial charge in [0, 0.05) is 18.3 Å². The molecule has 0 aromatic heterocycles. The van der Waals surface area contributed by atoms with E-state index in [4.69, 9.17) is 9.47 Å². The topological polar surface area (TPSA) is 114 Å². The van der Waals surface area contributed by atoms with Crippen molar-refractivity contribution in [1.82, 2.24) is 10.6 Å². The van der Waals surface area contributed by atoms with Gasteiger partial charge in [0.15, 0.2) is 11.6 Å². The number of nitrogens with one attached hydrogen (secondary N) is 2. The minimum Gasteiger partial charge on any atom is -0.497 e. The van der Waals surface area contributed by atoms with Crippen LogP contribution in [0.3, 0.4) is 0 Å². The van der Waals surface area contributed by atoms with Crippen LogP contribution in [0.4, 0.5) is 0 Å². The lowest BCUT2D eigenvalue weighted by Crippen LogP contribution is -2.50. The van der Waals surface area contributed by atoms with Gasteiger partial charge >= 0.3 is 0 Å². The Kier molecular flexibility index (Phi) is 9.81. The van der Waals surface area contributed by atoms with Crippen LogP contribution in [0, 0.1) is 17.8 Å². The van der Waals surface area contributed by atoms with Crippen LogP contribution in [-0.2, 0) is 30.3 Å². The SMILES string of the molecule is COc1ccc(CC(CC(=O)C(C)NC(=O)C2CCCC2)C(=O)NC(CC2CCCC2)C(=O)C2(C)CO2)cc1. The molecular weight excluding hydrogens is 496 g/mol. The Bertz CT molecular complexity index is 1020. The molecule has 1 aromatic rings. The number of ether oxygens (including phenoxy) is 2. The summed E-state index contributed by atoms with van der Waals surface area (Å²) in [6.07, 6.45) is 9.10. The van der Waals surface area contributed by atoms with Gasteiger partial charge in [0.1, 0.15) is 11.4 Å². The molecule has 2 aliphatic carbocycles. The van der Waals surface area contributed by atoms with E-state index in [2.05, 4.69) is 10.6 Å². The van der Waals surface area contributed by atoms with E-state index in [0.717, 1.165) is 56.9 Å². The smallest absolute Gasteiger partial charge is 0.224 e. The molecule has 4 rings (SSSR count). The Hall–Kier alpha value is -2.74. The number of carbonyl (C=O) groups excluding carboxylic acids is 4.